The number of piperidine rings is 1. The highest BCUT2D eigenvalue weighted by atomic mass is 35.5. The first-order valence-electron chi connectivity index (χ1n) is 10.0. The van der Waals surface area contributed by atoms with Crippen molar-refractivity contribution >= 4 is 23.3 Å². The Hall–Kier alpha value is -2.77. The number of amides is 1. The molecular weight excluding hydrogens is 402 g/mol. The van der Waals surface area contributed by atoms with Crippen molar-refractivity contribution in [2.75, 3.05) is 32.6 Å². The molecule has 0 bridgehead atoms. The molecule has 0 unspecified atom stereocenters. The second-order valence-corrected chi connectivity index (χ2v) is 8.11. The van der Waals surface area contributed by atoms with E-state index in [4.69, 9.17) is 16.3 Å². The first kappa shape index (κ1) is 20.5. The van der Waals surface area contributed by atoms with E-state index in [2.05, 4.69) is 22.4 Å². The first-order valence-corrected chi connectivity index (χ1v) is 10.4. The zero-order valence-corrected chi connectivity index (χ0v) is 18.2. The van der Waals surface area contributed by atoms with Crippen molar-refractivity contribution < 1.29 is 9.53 Å². The van der Waals surface area contributed by atoms with Gasteiger partial charge >= 0.3 is 0 Å². The van der Waals surface area contributed by atoms with Crippen LogP contribution in [0.2, 0.25) is 5.02 Å². The summed E-state index contributed by atoms with van der Waals surface area (Å²) in [7, 11) is 3.67. The third-order valence-electron chi connectivity index (χ3n) is 5.53. The molecule has 1 N–H and O–H groups in total. The van der Waals surface area contributed by atoms with Gasteiger partial charge in [-0.1, -0.05) is 11.6 Å². The lowest BCUT2D eigenvalue weighted by Gasteiger charge is -2.30. The third kappa shape index (κ3) is 4.08. The molecule has 2 aromatic heterocycles. The summed E-state index contributed by atoms with van der Waals surface area (Å²) in [6, 6.07) is 9.42. The zero-order chi connectivity index (χ0) is 21.3. The highest BCUT2D eigenvalue weighted by Gasteiger charge is 2.24. The lowest BCUT2D eigenvalue weighted by molar-refractivity contribution is 0.102. The van der Waals surface area contributed by atoms with Crippen molar-refractivity contribution in [3.8, 4) is 11.4 Å². The largest absolute Gasteiger partial charge is 0.496 e. The van der Waals surface area contributed by atoms with Gasteiger partial charge in [-0.05, 0) is 58.1 Å². The number of rotatable bonds is 5. The molecule has 4 rings (SSSR count). The van der Waals surface area contributed by atoms with E-state index in [1.54, 1.807) is 19.2 Å². The van der Waals surface area contributed by atoms with Gasteiger partial charge < -0.3 is 19.5 Å². The van der Waals surface area contributed by atoms with E-state index in [-0.39, 0.29) is 11.9 Å². The van der Waals surface area contributed by atoms with Crippen LogP contribution in [0.15, 0.2) is 42.7 Å². The summed E-state index contributed by atoms with van der Waals surface area (Å²) in [5.41, 5.74) is 2.01. The summed E-state index contributed by atoms with van der Waals surface area (Å²) >= 11 is 6.49. The third-order valence-corrected chi connectivity index (χ3v) is 5.83. The Labute approximate surface area is 181 Å². The number of hydrogen-bond acceptors (Lipinski definition) is 4. The SMILES string of the molecule is COc1cc(-n2cccc2)c(Cl)cc1C(=O)Nc1cc(C)nn1C1CCN(C)CC1. The zero-order valence-electron chi connectivity index (χ0n) is 17.4. The minimum absolute atomic E-state index is 0.270. The maximum Gasteiger partial charge on any atom is 0.260 e. The predicted molar refractivity (Wildman–Crippen MR) is 118 cm³/mol. The Morgan fingerprint density at radius 3 is 2.57 bits per heavy atom. The van der Waals surface area contributed by atoms with Crippen LogP contribution in [-0.2, 0) is 0 Å². The van der Waals surface area contributed by atoms with Crippen molar-refractivity contribution in [3.05, 3.63) is 59.0 Å². The van der Waals surface area contributed by atoms with E-state index in [0.29, 0.717) is 22.2 Å². The number of anilines is 1. The average Bonchev–Trinajstić information content (AvgIpc) is 3.38. The number of carbonyl (C=O) groups is 1. The number of aromatic nitrogens is 3. The number of carbonyl (C=O) groups excluding carboxylic acids is 1. The molecule has 30 heavy (non-hydrogen) atoms. The van der Waals surface area contributed by atoms with Gasteiger partial charge in [0, 0.05) is 24.5 Å². The first-order chi connectivity index (χ1) is 14.5. The smallest absolute Gasteiger partial charge is 0.260 e. The van der Waals surface area contributed by atoms with Gasteiger partial charge in [0.25, 0.3) is 5.91 Å². The van der Waals surface area contributed by atoms with Crippen LogP contribution in [0.3, 0.4) is 0 Å². The molecule has 0 radical (unpaired) electrons. The maximum absolute atomic E-state index is 13.1. The summed E-state index contributed by atoms with van der Waals surface area (Å²) in [6.45, 7) is 3.97. The summed E-state index contributed by atoms with van der Waals surface area (Å²) in [6.07, 6.45) is 5.79. The summed E-state index contributed by atoms with van der Waals surface area (Å²) in [5, 5.41) is 8.12. The van der Waals surface area contributed by atoms with Crippen LogP contribution in [0, 0.1) is 6.92 Å². The Morgan fingerprint density at radius 1 is 1.20 bits per heavy atom. The fourth-order valence-corrected chi connectivity index (χ4v) is 4.15. The van der Waals surface area contributed by atoms with Crippen molar-refractivity contribution in [1.82, 2.24) is 19.2 Å². The van der Waals surface area contributed by atoms with Gasteiger partial charge in [0.1, 0.15) is 11.6 Å². The molecule has 0 saturated carbocycles. The monoisotopic (exact) mass is 427 g/mol. The predicted octanol–water partition coefficient (Wildman–Crippen LogP) is 4.16. The lowest BCUT2D eigenvalue weighted by Crippen LogP contribution is -2.32. The molecule has 3 heterocycles. The fraction of sp³-hybridized carbons (Fsp3) is 0.364. The van der Waals surface area contributed by atoms with Gasteiger partial charge in [-0.15, -0.1) is 0 Å². The summed E-state index contributed by atoms with van der Waals surface area (Å²) < 4.78 is 9.33. The minimum Gasteiger partial charge on any atom is -0.496 e. The number of methoxy groups -OCH3 is 1. The van der Waals surface area contributed by atoms with Crippen molar-refractivity contribution in [2.24, 2.45) is 0 Å². The molecule has 0 aliphatic carbocycles. The van der Waals surface area contributed by atoms with Crippen LogP contribution in [0.25, 0.3) is 5.69 Å². The number of hydrogen-bond donors (Lipinski definition) is 1. The van der Waals surface area contributed by atoms with E-state index >= 15 is 0 Å². The molecule has 1 saturated heterocycles. The second kappa shape index (κ2) is 8.53. The highest BCUT2D eigenvalue weighted by molar-refractivity contribution is 6.33. The highest BCUT2D eigenvalue weighted by Crippen LogP contribution is 2.31. The Balaban J connectivity index is 1.61. The van der Waals surface area contributed by atoms with Gasteiger partial charge in [-0.25, -0.2) is 4.68 Å². The average molecular weight is 428 g/mol. The van der Waals surface area contributed by atoms with Crippen molar-refractivity contribution in [3.63, 3.8) is 0 Å². The summed E-state index contributed by atoms with van der Waals surface area (Å²) in [4.78, 5) is 15.4. The molecule has 8 heteroatoms. The second-order valence-electron chi connectivity index (χ2n) is 7.70. The van der Waals surface area contributed by atoms with Gasteiger partial charge in [0.2, 0.25) is 0 Å². The number of ether oxygens (including phenoxy) is 1. The lowest BCUT2D eigenvalue weighted by atomic mass is 10.1. The van der Waals surface area contributed by atoms with E-state index in [9.17, 15) is 4.79 Å². The van der Waals surface area contributed by atoms with Gasteiger partial charge in [0.15, 0.2) is 0 Å². The number of nitrogens with zero attached hydrogens (tertiary/aromatic N) is 4. The topological polar surface area (TPSA) is 64.3 Å². The quantitative estimate of drug-likeness (QED) is 0.664. The number of nitrogens with one attached hydrogen (secondary N) is 1. The van der Waals surface area contributed by atoms with E-state index in [1.165, 1.54) is 0 Å². The Kier molecular flexibility index (Phi) is 5.83. The number of halogens is 1. The Morgan fingerprint density at radius 2 is 1.90 bits per heavy atom. The van der Waals surface area contributed by atoms with Crippen LogP contribution in [0.5, 0.6) is 5.75 Å². The molecule has 1 fully saturated rings. The standard InChI is InChI=1S/C22H26ClN5O2/c1-15-12-21(28(25-15)16-6-10-26(2)11-7-16)24-22(29)17-13-18(23)19(14-20(17)30-3)27-8-4-5-9-27/h4-5,8-9,12-14,16H,6-7,10-11H2,1-3H3,(H,24,29). The van der Waals surface area contributed by atoms with E-state index < -0.39 is 0 Å². The molecule has 0 spiro atoms. The van der Waals surface area contributed by atoms with Crippen LogP contribution in [0.1, 0.15) is 34.9 Å². The van der Waals surface area contributed by atoms with Gasteiger partial charge in [-0.3, -0.25) is 4.79 Å². The normalized spacial score (nSPS) is 15.3. The van der Waals surface area contributed by atoms with Crippen molar-refractivity contribution in [1.29, 1.82) is 0 Å². The maximum atomic E-state index is 13.1. The number of benzene rings is 1. The molecule has 158 valence electrons. The van der Waals surface area contributed by atoms with Gasteiger partial charge in [0.05, 0.1) is 35.1 Å². The molecule has 1 aromatic carbocycles. The van der Waals surface area contributed by atoms with Crippen LogP contribution < -0.4 is 10.1 Å². The van der Waals surface area contributed by atoms with E-state index in [0.717, 1.165) is 37.3 Å². The molecule has 1 aliphatic heterocycles. The molecule has 1 aliphatic rings. The molecule has 0 atom stereocenters. The van der Waals surface area contributed by atoms with Crippen LogP contribution >= 0.6 is 11.6 Å². The molecule has 3 aromatic rings. The number of likely N-dealkylation sites (tertiary alicyclic amines) is 1. The van der Waals surface area contributed by atoms with Gasteiger partial charge in [-0.2, -0.15) is 5.10 Å². The molecular formula is C22H26ClN5O2. The summed E-state index contributed by atoms with van der Waals surface area (Å²) in [5.74, 6) is 0.879. The number of aryl methyl sites for hydroxylation is 1. The van der Waals surface area contributed by atoms with Crippen molar-refractivity contribution in [2.45, 2.75) is 25.8 Å². The Bertz CT molecular complexity index is 1040. The molecule has 1 amide bonds. The van der Waals surface area contributed by atoms with Crippen LogP contribution in [0.4, 0.5) is 5.82 Å². The minimum atomic E-state index is -0.276. The molecule has 7 nitrogen and oxygen atoms in total. The van der Waals surface area contributed by atoms with Crippen LogP contribution in [-0.4, -0.2) is 52.4 Å². The van der Waals surface area contributed by atoms with E-state index in [1.807, 2.05) is 46.8 Å². The fourth-order valence-electron chi connectivity index (χ4n) is 3.89.